The van der Waals surface area contributed by atoms with Crippen molar-refractivity contribution in [2.24, 2.45) is 0 Å². The van der Waals surface area contributed by atoms with Crippen LogP contribution in [0.4, 0.5) is 0 Å². The maximum Gasteiger partial charge on any atom is 0.332 e. The second kappa shape index (κ2) is 13.1. The lowest BCUT2D eigenvalue weighted by atomic mass is 10.2. The Hall–Kier alpha value is -2.37. The molecule has 0 aliphatic carbocycles. The first-order valence-corrected chi connectivity index (χ1v) is 5.52. The fourth-order valence-electron chi connectivity index (χ4n) is 0.500. The van der Waals surface area contributed by atoms with Crippen LogP contribution in [-0.4, -0.2) is 33.2 Å². The molecule has 0 bridgehead atoms. The maximum atomic E-state index is 10.2. The molecule has 0 aromatic heterocycles. The van der Waals surface area contributed by atoms with Gasteiger partial charge in [0.15, 0.2) is 0 Å². The summed E-state index contributed by atoms with van der Waals surface area (Å²) >= 11 is 0. The second-order valence-corrected chi connectivity index (χ2v) is 4.30. The molecule has 0 saturated carbocycles. The number of rotatable bonds is 4. The molecule has 0 aliphatic heterocycles. The van der Waals surface area contributed by atoms with Crippen LogP contribution in [0, 0.1) is 0 Å². The molecule has 3 N–H and O–H groups in total. The Balaban J connectivity index is -0.000000297. The first kappa shape index (κ1) is 22.8. The molecule has 0 heterocycles. The van der Waals surface area contributed by atoms with Gasteiger partial charge in [-0.1, -0.05) is 11.1 Å². The summed E-state index contributed by atoms with van der Waals surface area (Å²) in [6.45, 7) is 15.0. The third-order valence-corrected chi connectivity index (χ3v) is 0.914. The minimum Gasteiger partial charge on any atom is -0.481 e. The van der Waals surface area contributed by atoms with E-state index in [0.29, 0.717) is 6.08 Å². The van der Waals surface area contributed by atoms with Gasteiger partial charge in [-0.3, -0.25) is 4.79 Å². The van der Waals surface area contributed by atoms with Crippen molar-refractivity contribution in [1.29, 1.82) is 0 Å². The fourth-order valence-corrected chi connectivity index (χ4v) is 0.500. The van der Waals surface area contributed by atoms with Crippen molar-refractivity contribution in [1.82, 2.24) is 0 Å². The van der Waals surface area contributed by atoms with Gasteiger partial charge in [-0.2, -0.15) is 0 Å². The lowest BCUT2D eigenvalue weighted by molar-refractivity contribution is -0.140. The quantitative estimate of drug-likeness (QED) is 0.541. The van der Waals surface area contributed by atoms with Crippen LogP contribution in [-0.2, 0) is 14.4 Å². The second-order valence-electron chi connectivity index (χ2n) is 4.30. The number of carbonyl (C=O) groups is 3. The van der Waals surface area contributed by atoms with Crippen LogP contribution in [0.25, 0.3) is 0 Å². The van der Waals surface area contributed by atoms with Gasteiger partial charge in [0, 0.05) is 6.08 Å². The normalized spacial score (nSPS) is 9.10. The zero-order chi connectivity index (χ0) is 16.9. The smallest absolute Gasteiger partial charge is 0.332 e. The molecule has 0 saturated heterocycles. The molecule has 0 unspecified atom stereocenters. The van der Waals surface area contributed by atoms with E-state index in [0.717, 1.165) is 0 Å². The molecule has 0 rings (SSSR count). The first-order valence-electron chi connectivity index (χ1n) is 5.52. The summed E-state index contributed by atoms with van der Waals surface area (Å²) < 4.78 is 0. The van der Waals surface area contributed by atoms with Crippen molar-refractivity contribution in [3.05, 3.63) is 36.0 Å². The summed E-state index contributed by atoms with van der Waals surface area (Å²) in [6, 6.07) is 0. The van der Waals surface area contributed by atoms with Gasteiger partial charge in [0.1, 0.15) is 0 Å². The summed E-state index contributed by atoms with van der Waals surface area (Å²) in [5, 5.41) is 24.5. The highest BCUT2D eigenvalue weighted by atomic mass is 16.4. The van der Waals surface area contributed by atoms with Gasteiger partial charge in [0.25, 0.3) is 0 Å². The molecular formula is C14H22O6. The molecule has 0 fully saturated rings. The van der Waals surface area contributed by atoms with E-state index in [1.807, 2.05) is 27.7 Å². The number of aliphatic carboxylic acids is 3. The Bertz CT molecular complexity index is 384. The third-order valence-electron chi connectivity index (χ3n) is 0.914. The topological polar surface area (TPSA) is 112 Å². The zero-order valence-electron chi connectivity index (χ0n) is 12.3. The average Bonchev–Trinajstić information content (AvgIpc) is 2.12. The number of hydrogen-bond acceptors (Lipinski definition) is 3. The SMILES string of the molecule is C=C(C)C.C=C(C)C.O=C(O)C=C(CC(=O)O)C(=O)O. The molecule has 6 nitrogen and oxygen atoms in total. The maximum absolute atomic E-state index is 10.2. The third kappa shape index (κ3) is 36.1. The number of carboxylic acid groups (broad SMARTS) is 3. The molecule has 0 atom stereocenters. The van der Waals surface area contributed by atoms with E-state index in [1.165, 1.54) is 11.1 Å². The van der Waals surface area contributed by atoms with Crippen LogP contribution >= 0.6 is 0 Å². The largest absolute Gasteiger partial charge is 0.481 e. The Morgan fingerprint density at radius 2 is 1.20 bits per heavy atom. The predicted octanol–water partition coefficient (Wildman–Crippen LogP) is 2.72. The van der Waals surface area contributed by atoms with Gasteiger partial charge in [0.05, 0.1) is 12.0 Å². The van der Waals surface area contributed by atoms with E-state index in [2.05, 4.69) is 13.2 Å². The highest BCUT2D eigenvalue weighted by molar-refractivity contribution is 5.98. The average molecular weight is 286 g/mol. The number of carboxylic acids is 3. The minimum absolute atomic E-state index is 0.358. The Morgan fingerprint density at radius 3 is 1.35 bits per heavy atom. The molecule has 6 heteroatoms. The molecule has 114 valence electrons. The number of hydrogen-bond donors (Lipinski definition) is 3. The predicted molar refractivity (Wildman–Crippen MR) is 76.6 cm³/mol. The van der Waals surface area contributed by atoms with E-state index in [9.17, 15) is 14.4 Å². The van der Waals surface area contributed by atoms with Crippen LogP contribution < -0.4 is 0 Å². The Labute approximate surface area is 118 Å². The fraction of sp³-hybridized carbons (Fsp3) is 0.357. The first-order chi connectivity index (χ1) is 8.89. The van der Waals surface area contributed by atoms with Crippen LogP contribution in [0.5, 0.6) is 0 Å². The van der Waals surface area contributed by atoms with E-state index < -0.39 is 29.9 Å². The summed E-state index contributed by atoms with van der Waals surface area (Å²) in [5.74, 6) is -4.40. The standard InChI is InChI=1S/C6H6O6.2C4H8/c7-4(8)1-3(6(11)12)2-5(9)10;2*1-4(2)3/h1H,2H2,(H,7,8)(H,9,10)(H,11,12);2*1H2,2-3H3. The van der Waals surface area contributed by atoms with Crippen LogP contribution in [0.1, 0.15) is 34.1 Å². The molecule has 0 spiro atoms. The summed E-state index contributed by atoms with van der Waals surface area (Å²) in [7, 11) is 0. The van der Waals surface area contributed by atoms with Crippen molar-refractivity contribution in [3.8, 4) is 0 Å². The lowest BCUT2D eigenvalue weighted by Gasteiger charge is -1.94. The highest BCUT2D eigenvalue weighted by Gasteiger charge is 2.12. The Morgan fingerprint density at radius 1 is 0.900 bits per heavy atom. The summed E-state index contributed by atoms with van der Waals surface area (Å²) in [4.78, 5) is 30.1. The van der Waals surface area contributed by atoms with Gasteiger partial charge in [-0.25, -0.2) is 9.59 Å². The van der Waals surface area contributed by atoms with Crippen molar-refractivity contribution in [3.63, 3.8) is 0 Å². The van der Waals surface area contributed by atoms with Crippen molar-refractivity contribution < 1.29 is 29.7 Å². The van der Waals surface area contributed by atoms with E-state index >= 15 is 0 Å². The van der Waals surface area contributed by atoms with Crippen LogP contribution in [0.15, 0.2) is 36.0 Å². The van der Waals surface area contributed by atoms with E-state index in [4.69, 9.17) is 15.3 Å². The number of allylic oxidation sites excluding steroid dienone is 2. The lowest BCUT2D eigenvalue weighted by Crippen LogP contribution is -2.08. The van der Waals surface area contributed by atoms with E-state index in [1.54, 1.807) is 0 Å². The van der Waals surface area contributed by atoms with Crippen molar-refractivity contribution in [2.75, 3.05) is 0 Å². The van der Waals surface area contributed by atoms with Crippen molar-refractivity contribution >= 4 is 17.9 Å². The highest BCUT2D eigenvalue weighted by Crippen LogP contribution is 2.00. The van der Waals surface area contributed by atoms with Gasteiger partial charge in [-0.15, -0.1) is 13.2 Å². The van der Waals surface area contributed by atoms with Gasteiger partial charge in [-0.05, 0) is 27.7 Å². The molecule has 0 aromatic carbocycles. The summed E-state index contributed by atoms with van der Waals surface area (Å²) in [5.41, 5.74) is 1.68. The molecule has 0 aromatic rings. The molecule has 20 heavy (non-hydrogen) atoms. The van der Waals surface area contributed by atoms with Gasteiger partial charge >= 0.3 is 17.9 Å². The Kier molecular flexibility index (Phi) is 14.9. The van der Waals surface area contributed by atoms with Crippen molar-refractivity contribution in [2.45, 2.75) is 34.1 Å². The van der Waals surface area contributed by atoms with Crippen LogP contribution in [0.2, 0.25) is 0 Å². The molecule has 0 radical (unpaired) electrons. The molecule has 0 amide bonds. The monoisotopic (exact) mass is 286 g/mol. The zero-order valence-corrected chi connectivity index (χ0v) is 12.3. The van der Waals surface area contributed by atoms with E-state index in [-0.39, 0.29) is 0 Å². The molecular weight excluding hydrogens is 264 g/mol. The van der Waals surface area contributed by atoms with Gasteiger partial charge < -0.3 is 15.3 Å². The molecule has 0 aliphatic rings. The minimum atomic E-state index is -1.54. The van der Waals surface area contributed by atoms with Crippen LogP contribution in [0.3, 0.4) is 0 Å². The summed E-state index contributed by atoms with van der Waals surface area (Å²) in [6.07, 6.45) is -0.446. The van der Waals surface area contributed by atoms with Gasteiger partial charge in [0.2, 0.25) is 0 Å².